The van der Waals surface area contributed by atoms with Gasteiger partial charge in [-0.3, -0.25) is 4.79 Å². The van der Waals surface area contributed by atoms with E-state index in [9.17, 15) is 36.3 Å². The largest absolute Gasteiger partial charge is 0.452 e. The summed E-state index contributed by atoms with van der Waals surface area (Å²) in [5, 5.41) is 0. The van der Waals surface area contributed by atoms with Crippen LogP contribution in [0.3, 0.4) is 0 Å². The number of pyridine rings is 2. The van der Waals surface area contributed by atoms with E-state index >= 15 is 0 Å². The highest BCUT2D eigenvalue weighted by Crippen LogP contribution is 2.37. The molecule has 45 heavy (non-hydrogen) atoms. The fourth-order valence-electron chi connectivity index (χ4n) is 5.19. The zero-order valence-corrected chi connectivity index (χ0v) is 25.0. The molecule has 0 N–H and O–H groups in total. The Balaban J connectivity index is 1.48. The first kappa shape index (κ1) is 33.8. The molecular formula is C29H34F5N5O6. The number of alkyl halides is 5. The maximum Gasteiger partial charge on any atom is 0.416 e. The van der Waals surface area contributed by atoms with Crippen molar-refractivity contribution in [1.82, 2.24) is 14.9 Å². The Morgan fingerprint density at radius 3 is 2.40 bits per heavy atom. The van der Waals surface area contributed by atoms with E-state index in [1.165, 1.54) is 35.8 Å². The topological polar surface area (TPSA) is 114 Å². The van der Waals surface area contributed by atoms with Crippen molar-refractivity contribution >= 4 is 35.3 Å². The lowest BCUT2D eigenvalue weighted by atomic mass is 9.89. The lowest BCUT2D eigenvalue weighted by molar-refractivity contribution is -0.168. The molecule has 2 aromatic rings. The molecule has 0 saturated carbocycles. The van der Waals surface area contributed by atoms with Crippen LogP contribution in [-0.2, 0) is 34.8 Å². The predicted molar refractivity (Wildman–Crippen MR) is 150 cm³/mol. The van der Waals surface area contributed by atoms with Crippen LogP contribution >= 0.6 is 0 Å². The van der Waals surface area contributed by atoms with Gasteiger partial charge in [0.1, 0.15) is 24.1 Å². The zero-order chi connectivity index (χ0) is 32.9. The molecule has 0 bridgehead atoms. The second kappa shape index (κ2) is 13.9. The number of rotatable bonds is 10. The van der Waals surface area contributed by atoms with Crippen LogP contribution in [0.15, 0.2) is 30.5 Å². The van der Waals surface area contributed by atoms with Crippen molar-refractivity contribution in [3.05, 3.63) is 41.6 Å². The van der Waals surface area contributed by atoms with E-state index in [4.69, 9.17) is 9.47 Å². The number of nitrogens with zero attached hydrogens (tertiary/aromatic N) is 5. The monoisotopic (exact) mass is 643 g/mol. The SMILES string of the molecule is COCC(=O)OCC(=O)OC(C)C(=O)N1CCC(c2cc(N3CCC(F)(F)C3)nc(N(C)c3cc(C(F)(F)F)ccn3)c2)CC1. The lowest BCUT2D eigenvalue weighted by Gasteiger charge is -2.34. The highest BCUT2D eigenvalue weighted by molar-refractivity contribution is 5.84. The average molecular weight is 644 g/mol. The number of piperidine rings is 1. The Kier molecular flexibility index (Phi) is 10.5. The van der Waals surface area contributed by atoms with Crippen LogP contribution in [0.2, 0.25) is 0 Å². The van der Waals surface area contributed by atoms with Gasteiger partial charge >= 0.3 is 18.1 Å². The normalized spacial score (nSPS) is 17.6. The fraction of sp³-hybridized carbons (Fsp3) is 0.552. The first-order chi connectivity index (χ1) is 21.2. The number of anilines is 3. The minimum atomic E-state index is -4.59. The van der Waals surface area contributed by atoms with Crippen LogP contribution in [0.5, 0.6) is 0 Å². The molecule has 0 spiro atoms. The number of ether oxygens (including phenoxy) is 3. The van der Waals surface area contributed by atoms with E-state index in [1.807, 2.05) is 0 Å². The van der Waals surface area contributed by atoms with E-state index in [0.29, 0.717) is 25.9 Å². The summed E-state index contributed by atoms with van der Waals surface area (Å²) in [6, 6.07) is 5.14. The third kappa shape index (κ3) is 8.77. The van der Waals surface area contributed by atoms with Crippen molar-refractivity contribution < 1.29 is 50.5 Å². The smallest absolute Gasteiger partial charge is 0.416 e. The molecule has 0 aromatic carbocycles. The number of aromatic nitrogens is 2. The first-order valence-corrected chi connectivity index (χ1v) is 14.2. The van der Waals surface area contributed by atoms with Crippen molar-refractivity contribution in [1.29, 1.82) is 0 Å². The number of esters is 2. The van der Waals surface area contributed by atoms with E-state index in [2.05, 4.69) is 14.7 Å². The van der Waals surface area contributed by atoms with Gasteiger partial charge in [-0.2, -0.15) is 13.2 Å². The Labute approximate surface area is 256 Å². The second-order valence-electron chi connectivity index (χ2n) is 10.9. The molecule has 4 rings (SSSR count). The Bertz CT molecular complexity index is 1390. The van der Waals surface area contributed by atoms with Crippen LogP contribution in [0.1, 0.15) is 43.2 Å². The van der Waals surface area contributed by atoms with Gasteiger partial charge in [-0.15, -0.1) is 0 Å². The molecular weight excluding hydrogens is 609 g/mol. The van der Waals surface area contributed by atoms with E-state index < -0.39 is 54.8 Å². The van der Waals surface area contributed by atoms with Gasteiger partial charge in [0.15, 0.2) is 12.7 Å². The van der Waals surface area contributed by atoms with E-state index in [0.717, 1.165) is 23.9 Å². The van der Waals surface area contributed by atoms with Gasteiger partial charge in [-0.05, 0) is 55.5 Å². The molecule has 0 aliphatic carbocycles. The molecule has 11 nitrogen and oxygen atoms in total. The maximum atomic E-state index is 14.1. The molecule has 0 radical (unpaired) electrons. The van der Waals surface area contributed by atoms with Crippen molar-refractivity contribution in [2.45, 2.75) is 50.3 Å². The zero-order valence-electron chi connectivity index (χ0n) is 25.0. The fourth-order valence-corrected chi connectivity index (χ4v) is 5.19. The number of halogens is 5. The summed E-state index contributed by atoms with van der Waals surface area (Å²) in [7, 11) is 2.79. The lowest BCUT2D eigenvalue weighted by Crippen LogP contribution is -2.44. The number of hydrogen-bond acceptors (Lipinski definition) is 10. The van der Waals surface area contributed by atoms with Crippen LogP contribution < -0.4 is 9.80 Å². The summed E-state index contributed by atoms with van der Waals surface area (Å²) in [5.74, 6) is -4.63. The standard InChI is InChI=1S/C29H34F5N5O6/c1-18(45-26(41)16-44-25(40)15-43-3)27(42)38-9-5-19(6-10-38)20-12-23(36-24(13-20)39-11-7-28(30,31)17-39)37(2)22-14-21(4-8-35-22)29(32,33)34/h4,8,12-14,18-19H,5-7,9-11,15-17H2,1-3H3. The average Bonchev–Trinajstić information content (AvgIpc) is 3.38. The number of likely N-dealkylation sites (tertiary alicyclic amines) is 1. The van der Waals surface area contributed by atoms with Gasteiger partial charge in [0.2, 0.25) is 0 Å². The first-order valence-electron chi connectivity index (χ1n) is 14.2. The minimum Gasteiger partial charge on any atom is -0.452 e. The van der Waals surface area contributed by atoms with Crippen molar-refractivity contribution in [2.24, 2.45) is 0 Å². The number of amides is 1. The molecule has 1 atom stereocenters. The molecule has 246 valence electrons. The molecule has 1 amide bonds. The molecule has 1 unspecified atom stereocenters. The van der Waals surface area contributed by atoms with Gasteiger partial charge in [0.25, 0.3) is 11.8 Å². The molecule has 2 saturated heterocycles. The van der Waals surface area contributed by atoms with E-state index in [1.54, 1.807) is 12.1 Å². The highest BCUT2D eigenvalue weighted by atomic mass is 19.4. The molecule has 4 heterocycles. The summed E-state index contributed by atoms with van der Waals surface area (Å²) in [6.45, 7) is 0.533. The summed E-state index contributed by atoms with van der Waals surface area (Å²) in [4.78, 5) is 49.2. The minimum absolute atomic E-state index is 0.0235. The van der Waals surface area contributed by atoms with Gasteiger partial charge in [-0.1, -0.05) is 0 Å². The van der Waals surface area contributed by atoms with Crippen LogP contribution in [0.4, 0.5) is 39.4 Å². The Morgan fingerprint density at radius 1 is 1.07 bits per heavy atom. The van der Waals surface area contributed by atoms with Crippen molar-refractivity contribution in [3.8, 4) is 0 Å². The summed E-state index contributed by atoms with van der Waals surface area (Å²) < 4.78 is 82.7. The molecule has 16 heteroatoms. The molecule has 2 aliphatic heterocycles. The molecule has 2 fully saturated rings. The Hall–Kier alpha value is -4.08. The third-order valence-corrected chi connectivity index (χ3v) is 7.62. The number of hydrogen-bond donors (Lipinski definition) is 0. The maximum absolute atomic E-state index is 14.1. The third-order valence-electron chi connectivity index (χ3n) is 7.62. The molecule has 2 aromatic heterocycles. The predicted octanol–water partition coefficient (Wildman–Crippen LogP) is 3.94. The summed E-state index contributed by atoms with van der Waals surface area (Å²) >= 11 is 0. The van der Waals surface area contributed by atoms with E-state index in [-0.39, 0.29) is 42.9 Å². The number of carbonyl (C=O) groups excluding carboxylic acids is 3. The summed E-state index contributed by atoms with van der Waals surface area (Å²) in [5.41, 5.74) is -0.160. The molecule has 2 aliphatic rings. The van der Waals surface area contributed by atoms with Gasteiger partial charge in [0.05, 0.1) is 12.1 Å². The van der Waals surface area contributed by atoms with Crippen molar-refractivity contribution in [2.75, 3.05) is 63.4 Å². The van der Waals surface area contributed by atoms with Crippen LogP contribution in [0, 0.1) is 0 Å². The van der Waals surface area contributed by atoms with Gasteiger partial charge in [-0.25, -0.2) is 28.3 Å². The van der Waals surface area contributed by atoms with Gasteiger partial charge < -0.3 is 28.9 Å². The highest BCUT2D eigenvalue weighted by Gasteiger charge is 2.39. The van der Waals surface area contributed by atoms with Crippen LogP contribution in [0.25, 0.3) is 0 Å². The number of methoxy groups -OCH3 is 1. The van der Waals surface area contributed by atoms with Gasteiger partial charge in [0, 0.05) is 46.4 Å². The van der Waals surface area contributed by atoms with Crippen molar-refractivity contribution in [3.63, 3.8) is 0 Å². The Morgan fingerprint density at radius 2 is 1.78 bits per heavy atom. The summed E-state index contributed by atoms with van der Waals surface area (Å²) in [6.07, 6.45) is -4.06. The quantitative estimate of drug-likeness (QED) is 0.279. The van der Waals surface area contributed by atoms with Crippen LogP contribution in [-0.4, -0.2) is 98.3 Å². The number of carbonyl (C=O) groups is 3. The second-order valence-corrected chi connectivity index (χ2v) is 10.9.